The Hall–Kier alpha value is -0.993. The third-order valence-corrected chi connectivity index (χ3v) is 7.58. The van der Waals surface area contributed by atoms with Crippen molar-refractivity contribution >= 4 is 0 Å². The zero-order chi connectivity index (χ0) is 28.2. The molecule has 2 aliphatic rings. The van der Waals surface area contributed by atoms with Gasteiger partial charge in [0, 0.05) is 65.4 Å². The molecule has 218 valence electrons. The monoisotopic (exact) mass is 533 g/mol. The normalized spacial score (nSPS) is 18.7. The van der Waals surface area contributed by atoms with Crippen LogP contribution in [0.25, 0.3) is 0 Å². The van der Waals surface area contributed by atoms with Crippen LogP contribution < -0.4 is 18.9 Å². The van der Waals surface area contributed by atoms with Crippen molar-refractivity contribution in [2.24, 2.45) is 0 Å². The smallest absolute Gasteiger partial charge is 0.304 e. The summed E-state index contributed by atoms with van der Waals surface area (Å²) in [7, 11) is 4.41. The molecule has 0 radical (unpaired) electrons. The minimum atomic E-state index is 0. The quantitative estimate of drug-likeness (QED) is 0.104. The predicted octanol–water partition coefficient (Wildman–Crippen LogP) is 4.01. The molecule has 0 aromatic rings. The molecule has 0 amide bonds. The zero-order valence-corrected chi connectivity index (χ0v) is 26.9. The van der Waals surface area contributed by atoms with Gasteiger partial charge < -0.3 is 9.80 Å². The minimum absolute atomic E-state index is 0. The first-order valence-corrected chi connectivity index (χ1v) is 15.2. The Bertz CT molecular complexity index is 738. The molecular weight excluding hydrogens is 471 g/mol. The van der Waals surface area contributed by atoms with Gasteiger partial charge in [-0.2, -0.15) is 0 Å². The Labute approximate surface area is 256 Å². The van der Waals surface area contributed by atoms with Gasteiger partial charge in [-0.05, 0) is 47.2 Å². The van der Waals surface area contributed by atoms with Crippen LogP contribution in [0.3, 0.4) is 0 Å². The van der Waals surface area contributed by atoms with Crippen molar-refractivity contribution in [3.63, 3.8) is 0 Å². The van der Waals surface area contributed by atoms with Gasteiger partial charge in [-0.25, -0.2) is 18.6 Å². The number of hydrogen-bond donors (Lipinski definition) is 0. The maximum absolute atomic E-state index is 4.17. The third kappa shape index (κ3) is 20.5. The van der Waals surface area contributed by atoms with Crippen LogP contribution in [0.1, 0.15) is 72.1 Å². The van der Waals surface area contributed by atoms with Gasteiger partial charge in [0.1, 0.15) is 0 Å². The Kier molecular flexibility index (Phi) is 23.1. The molecule has 4 nitrogen and oxygen atoms in total. The molecule has 0 atom stereocenters. The maximum atomic E-state index is 4.17. The zero-order valence-electron chi connectivity index (χ0n) is 26.9. The topological polar surface area (TPSA) is 13.0 Å². The van der Waals surface area contributed by atoms with Gasteiger partial charge in [0.2, 0.25) is 0 Å². The second-order valence-electron chi connectivity index (χ2n) is 11.6. The van der Waals surface area contributed by atoms with Gasteiger partial charge >= 0.3 is 18.9 Å². The van der Waals surface area contributed by atoms with Gasteiger partial charge in [-0.15, -0.1) is 6.42 Å². The summed E-state index contributed by atoms with van der Waals surface area (Å²) in [5.74, 6) is 0. The molecule has 2 fully saturated rings. The second kappa shape index (κ2) is 23.7. The largest absolute Gasteiger partial charge is 1.00 e. The van der Waals surface area contributed by atoms with E-state index in [1.54, 1.807) is 0 Å². The van der Waals surface area contributed by atoms with Crippen molar-refractivity contribution in [2.75, 3.05) is 79.5 Å². The predicted molar refractivity (Wildman–Crippen MR) is 171 cm³/mol. The molecule has 39 heavy (non-hydrogen) atoms. The van der Waals surface area contributed by atoms with E-state index in [-0.39, 0.29) is 18.9 Å². The summed E-state index contributed by atoms with van der Waals surface area (Å²) in [6, 6.07) is 0. The molecule has 0 aromatic heterocycles. The Morgan fingerprint density at radius 1 is 0.718 bits per heavy atom. The first kappa shape index (κ1) is 38.0. The van der Waals surface area contributed by atoms with Crippen LogP contribution in [0.2, 0.25) is 0 Å². The van der Waals surface area contributed by atoms with Crippen LogP contribution in [0.4, 0.5) is 0 Å². The van der Waals surface area contributed by atoms with E-state index in [0.717, 1.165) is 44.3 Å². The molecular formula is C34H61LiN4. The molecule has 2 heterocycles. The summed E-state index contributed by atoms with van der Waals surface area (Å²) < 4.78 is 0. The Morgan fingerprint density at radius 2 is 1.18 bits per heavy atom. The fourth-order valence-corrected chi connectivity index (χ4v) is 4.76. The number of allylic oxidation sites excluding steroid dienone is 6. The fraction of sp³-hybridized carbons (Fsp3) is 0.676. The molecule has 0 bridgehead atoms. The SMILES string of the molecule is C=CC(=C)CC/C=C(/C)CN1CCN(C)CC1.[CH2-]/C(=C/CCCCC)CC/C=C(/C)CN1CCN(C)CC1.[Li+]. The number of hydrogen-bond acceptors (Lipinski definition) is 4. The molecule has 0 aromatic carbocycles. The van der Waals surface area contributed by atoms with Crippen LogP contribution in [0.15, 0.2) is 59.8 Å². The molecule has 0 aliphatic carbocycles. The van der Waals surface area contributed by atoms with Gasteiger partial charge in [-0.1, -0.05) is 80.7 Å². The van der Waals surface area contributed by atoms with Crippen molar-refractivity contribution in [3.8, 4) is 0 Å². The van der Waals surface area contributed by atoms with Crippen LogP contribution in [0.5, 0.6) is 0 Å². The molecule has 2 aliphatic heterocycles. The fourth-order valence-electron chi connectivity index (χ4n) is 4.76. The van der Waals surface area contributed by atoms with E-state index in [1.807, 2.05) is 6.08 Å². The van der Waals surface area contributed by atoms with Gasteiger partial charge in [-0.3, -0.25) is 9.80 Å². The van der Waals surface area contributed by atoms with Crippen molar-refractivity contribution in [1.29, 1.82) is 0 Å². The number of likely N-dealkylation sites (N-methyl/N-ethyl adjacent to an activating group) is 2. The third-order valence-electron chi connectivity index (χ3n) is 7.58. The summed E-state index contributed by atoms with van der Waals surface area (Å²) in [5.41, 5.74) is 5.44. The molecule has 5 heteroatoms. The van der Waals surface area contributed by atoms with Crippen LogP contribution in [-0.4, -0.2) is 99.1 Å². The maximum Gasteiger partial charge on any atom is 1.00 e. The van der Waals surface area contributed by atoms with E-state index >= 15 is 0 Å². The van der Waals surface area contributed by atoms with Crippen molar-refractivity contribution < 1.29 is 18.9 Å². The summed E-state index contributed by atoms with van der Waals surface area (Å²) in [6.07, 6.45) is 18.5. The molecule has 0 saturated carbocycles. The van der Waals surface area contributed by atoms with Crippen LogP contribution in [-0.2, 0) is 0 Å². The molecule has 0 unspecified atom stereocenters. The van der Waals surface area contributed by atoms with Crippen molar-refractivity contribution in [3.05, 3.63) is 66.7 Å². The molecule has 0 spiro atoms. The summed E-state index contributed by atoms with van der Waals surface area (Å²) >= 11 is 0. The number of rotatable bonds is 15. The first-order chi connectivity index (χ1) is 18.2. The van der Waals surface area contributed by atoms with E-state index in [0.29, 0.717) is 0 Å². The molecule has 2 saturated heterocycles. The summed E-state index contributed by atoms with van der Waals surface area (Å²) in [4.78, 5) is 9.91. The van der Waals surface area contributed by atoms with E-state index in [1.165, 1.54) is 94.8 Å². The summed E-state index contributed by atoms with van der Waals surface area (Å²) in [6.45, 7) is 30.4. The Balaban J connectivity index is 0.000000737. The minimum Gasteiger partial charge on any atom is -0.304 e. The van der Waals surface area contributed by atoms with Gasteiger partial charge in [0.25, 0.3) is 0 Å². The molecule has 2 rings (SSSR count). The van der Waals surface area contributed by atoms with Crippen LogP contribution in [0, 0.1) is 6.92 Å². The van der Waals surface area contributed by atoms with Crippen molar-refractivity contribution in [2.45, 2.75) is 72.1 Å². The second-order valence-corrected chi connectivity index (χ2v) is 11.6. The average molecular weight is 533 g/mol. The average Bonchev–Trinajstić information content (AvgIpc) is 2.89. The Morgan fingerprint density at radius 3 is 1.62 bits per heavy atom. The standard InChI is InChI=1S/C19H35N2.C15H26N2.Li/c1-5-6-7-8-10-18(2)11-9-12-19(3)17-21-15-13-20(4)14-16-21;1-5-14(2)7-6-8-15(3)13-17-11-9-16(4)10-12-17;/h10,12H,2,5-9,11,13-17H2,1,3-4H3;5,8H,1-2,6-7,9-13H2,3-4H3;/q-1;;+1/b18-10-,19-12-;15-8-;. The van der Waals surface area contributed by atoms with Crippen LogP contribution >= 0.6 is 0 Å². The number of piperazine rings is 2. The number of nitrogens with zero attached hydrogens (tertiary/aromatic N) is 4. The van der Waals surface area contributed by atoms with Gasteiger partial charge in [0.15, 0.2) is 0 Å². The van der Waals surface area contributed by atoms with E-state index in [2.05, 4.69) is 92.8 Å². The van der Waals surface area contributed by atoms with E-state index in [9.17, 15) is 0 Å². The number of unbranched alkanes of at least 4 members (excludes halogenated alkanes) is 3. The summed E-state index contributed by atoms with van der Waals surface area (Å²) in [5, 5.41) is 0. The van der Waals surface area contributed by atoms with Crippen molar-refractivity contribution in [1.82, 2.24) is 19.6 Å². The van der Waals surface area contributed by atoms with E-state index < -0.39 is 0 Å². The van der Waals surface area contributed by atoms with Gasteiger partial charge in [0.05, 0.1) is 0 Å². The molecule has 0 N–H and O–H groups in total. The van der Waals surface area contributed by atoms with E-state index in [4.69, 9.17) is 0 Å². The first-order valence-electron chi connectivity index (χ1n) is 15.2.